The van der Waals surface area contributed by atoms with Gasteiger partial charge in [-0.2, -0.15) is 10.2 Å². The first-order valence-corrected chi connectivity index (χ1v) is 52.1. The van der Waals surface area contributed by atoms with E-state index in [9.17, 15) is 0 Å². The average Bonchev–Trinajstić information content (AvgIpc) is 0.844. The van der Waals surface area contributed by atoms with Gasteiger partial charge in [-0.1, -0.05) is 389 Å². The molecule has 11 heteroatoms. The second-order valence-corrected chi connectivity index (χ2v) is 37.1. The molecule has 0 radical (unpaired) electrons. The molecule has 7 aromatic heterocycles. The van der Waals surface area contributed by atoms with Gasteiger partial charge in [-0.05, 0) is 220 Å². The number of rotatable bonds is 35. The molecule has 0 unspecified atom stereocenters. The van der Waals surface area contributed by atoms with Crippen molar-refractivity contribution in [1.29, 1.82) is 0 Å². The Morgan fingerprint density at radius 3 is 0.772 bits per heavy atom. The molecule has 0 aliphatic heterocycles. The second-order valence-electron chi connectivity index (χ2n) is 37.1. The number of hydrogen-bond donors (Lipinski definition) is 0. The van der Waals surface area contributed by atoms with E-state index in [4.69, 9.17) is 0 Å². The van der Waals surface area contributed by atoms with Gasteiger partial charge in [0.05, 0.1) is 22.8 Å². The Bertz CT molecular complexity index is 2910. The van der Waals surface area contributed by atoms with Crippen LogP contribution in [0.15, 0.2) is 98.2 Å². The van der Waals surface area contributed by atoms with Crippen molar-refractivity contribution in [2.75, 3.05) is 0 Å². The summed E-state index contributed by atoms with van der Waals surface area (Å²) in [5, 5.41) is 8.33. The summed E-state index contributed by atoms with van der Waals surface area (Å²) < 4.78 is 0. The minimum atomic E-state index is 0.147. The van der Waals surface area contributed by atoms with E-state index >= 15 is 0 Å². The van der Waals surface area contributed by atoms with E-state index in [0.717, 1.165) is 123 Å². The van der Waals surface area contributed by atoms with Gasteiger partial charge in [0.15, 0.2) is 0 Å². The third kappa shape index (κ3) is 61.2. The number of pyridine rings is 3. The Hall–Kier alpha value is -6.23. The van der Waals surface area contributed by atoms with Crippen LogP contribution in [0.3, 0.4) is 0 Å². The lowest BCUT2D eigenvalue weighted by Crippen LogP contribution is -2.22. The molecule has 7 rings (SSSR count). The number of nitrogens with zero attached hydrogens (tertiary/aromatic N) is 11. The van der Waals surface area contributed by atoms with Crippen LogP contribution in [0, 0.1) is 55.4 Å². The van der Waals surface area contributed by atoms with Crippen LogP contribution >= 0.6 is 0 Å². The zero-order valence-corrected chi connectivity index (χ0v) is 92.9. The molecule has 11 nitrogen and oxygen atoms in total. The topological polar surface area (TPSA) is 142 Å². The molecule has 127 heavy (non-hydrogen) atoms. The van der Waals surface area contributed by atoms with Gasteiger partial charge in [-0.15, -0.1) is 0 Å². The van der Waals surface area contributed by atoms with Crippen molar-refractivity contribution in [3.63, 3.8) is 0 Å². The van der Waals surface area contributed by atoms with E-state index in [1.807, 2.05) is 96.5 Å². The number of aromatic nitrogens is 11. The summed E-state index contributed by atoms with van der Waals surface area (Å²) in [6.45, 7) is 94.1. The SMILES string of the molecule is CCC(C)(CC)c1cc(C)c(C)cn1.CCC(C)(CC)c1ccc(C)cn1.CCC(C)(CC)c1ccc(C)nc1.CCC(C)(CC)c1ccc(C)nn1.CCC(C)(CC)c1cnc(C)cn1.CCC(C)(CC)c1cnc(C)nc1.CCC(C)(CC)c1ncc(C)cn1.CCCCC.CCCCC.CCCCC.CCCCC.CCCCC.CCCCC.CCCCC. The van der Waals surface area contributed by atoms with Gasteiger partial charge < -0.3 is 0 Å². The quantitative estimate of drug-likeness (QED) is 0.0375. The summed E-state index contributed by atoms with van der Waals surface area (Å²) in [7, 11) is 0. The van der Waals surface area contributed by atoms with E-state index < -0.39 is 0 Å². The molecule has 7 aromatic rings. The summed E-state index contributed by atoms with van der Waals surface area (Å²) in [6, 6.07) is 15.0. The van der Waals surface area contributed by atoms with Crippen LogP contribution in [0.25, 0.3) is 0 Å². The molecule has 0 saturated carbocycles. The Balaban J connectivity index is -0.000000249. The maximum Gasteiger partial charge on any atom is 0.134 e. The smallest absolute Gasteiger partial charge is 0.134 e. The maximum absolute atomic E-state index is 4.55. The number of aryl methyl sites for hydroxylation is 8. The standard InChI is InChI=1S/C13H21N.2C12H19N.4C11H18N2.7C5H12/c1-6-13(5,7-2)12-8-10(3)11(4)9-14-12;1-5-12(4,6-2)11-8-7-10(3)13-9-11;1-5-12(4,6-2)11-8-7-10(3)9-13-11;1-5-11(4,6-2)10-7-12-9(3)13-8-10;1-5-11(4,6-2)10-8-12-9(3)7-13-10;1-5-11(4,6-2)10-12-7-9(3)8-13-10;1-5-11(4,6-2)10-8-7-9(3)12-13-10;7*1-3-5-4-2/h8-9H,6-7H2,1-5H3;2*7-9H,5-6H2,1-4H3;4*7-8H,5-6H2,1-4H3;7*3-5H2,1-2H3. The molecule has 7 heterocycles. The van der Waals surface area contributed by atoms with Gasteiger partial charge >= 0.3 is 0 Å². The highest BCUT2D eigenvalue weighted by atomic mass is 15.1. The molecule has 0 amide bonds. The third-order valence-corrected chi connectivity index (χ3v) is 26.6. The Labute approximate surface area is 793 Å². The minimum Gasteiger partial charge on any atom is -0.261 e. The normalized spacial score (nSPS) is 10.8. The molecule has 0 aliphatic rings. The van der Waals surface area contributed by atoms with Crippen LogP contribution in [-0.2, 0) is 37.9 Å². The van der Waals surface area contributed by atoms with E-state index in [-0.39, 0.29) is 32.5 Å². The van der Waals surface area contributed by atoms with Crippen molar-refractivity contribution in [3.8, 4) is 0 Å². The van der Waals surface area contributed by atoms with Crippen molar-refractivity contribution in [2.24, 2.45) is 0 Å². The minimum absolute atomic E-state index is 0.147. The summed E-state index contributed by atoms with van der Waals surface area (Å²) in [5.41, 5.74) is 17.0. The van der Waals surface area contributed by atoms with Crippen molar-refractivity contribution in [1.82, 2.24) is 55.1 Å². The lowest BCUT2D eigenvalue weighted by Gasteiger charge is -2.26. The maximum atomic E-state index is 4.55. The monoisotopic (exact) mass is 1760 g/mol. The Morgan fingerprint density at radius 2 is 0.488 bits per heavy atom. The zero-order chi connectivity index (χ0) is 99.0. The summed E-state index contributed by atoms with van der Waals surface area (Å²) in [5.74, 6) is 1.82. The first kappa shape index (κ1) is 134. The molecule has 0 saturated heterocycles. The number of unbranched alkanes of at least 4 members (excludes halogenated alkanes) is 14. The Morgan fingerprint density at radius 1 is 0.197 bits per heavy atom. The van der Waals surface area contributed by atoms with Crippen molar-refractivity contribution in [3.05, 3.63) is 183 Å². The molecule has 0 spiro atoms. The van der Waals surface area contributed by atoms with Crippen LogP contribution < -0.4 is 0 Å². The molecular weight excluding hydrogens is 1550 g/mol. The second kappa shape index (κ2) is 82.9. The van der Waals surface area contributed by atoms with Gasteiger partial charge in [0.1, 0.15) is 11.6 Å². The van der Waals surface area contributed by atoms with Crippen molar-refractivity contribution >= 4 is 0 Å². The fourth-order valence-electron chi connectivity index (χ4n) is 12.2. The van der Waals surface area contributed by atoms with Gasteiger partial charge in [0, 0.05) is 99.9 Å². The van der Waals surface area contributed by atoms with Crippen LogP contribution in [0.1, 0.15) is 552 Å². The third-order valence-electron chi connectivity index (χ3n) is 26.6. The van der Waals surface area contributed by atoms with Crippen LogP contribution in [0.2, 0.25) is 0 Å². The first-order chi connectivity index (χ1) is 60.2. The van der Waals surface area contributed by atoms with E-state index in [2.05, 4.69) is 355 Å². The lowest BCUT2D eigenvalue weighted by molar-refractivity contribution is 0.411. The molecular formula is C116H215N11. The summed E-state index contributed by atoms with van der Waals surface area (Å²) in [4.78, 5) is 39.3. The van der Waals surface area contributed by atoms with E-state index in [1.54, 1.807) is 0 Å². The largest absolute Gasteiger partial charge is 0.261 e. The average molecular weight is 1760 g/mol. The van der Waals surface area contributed by atoms with Gasteiger partial charge in [0.25, 0.3) is 0 Å². The lowest BCUT2D eigenvalue weighted by atomic mass is 9.79. The Kier molecular flexibility index (Phi) is 87.4. The van der Waals surface area contributed by atoms with Crippen LogP contribution in [-0.4, -0.2) is 55.1 Å². The highest BCUT2D eigenvalue weighted by molar-refractivity contribution is 5.28. The van der Waals surface area contributed by atoms with Crippen LogP contribution in [0.5, 0.6) is 0 Å². The van der Waals surface area contributed by atoms with Crippen molar-refractivity contribution in [2.45, 2.75) is 560 Å². The molecule has 0 N–H and O–H groups in total. The molecule has 0 atom stereocenters. The van der Waals surface area contributed by atoms with Crippen molar-refractivity contribution < 1.29 is 0 Å². The highest BCUT2D eigenvalue weighted by Crippen LogP contribution is 2.35. The zero-order valence-electron chi connectivity index (χ0n) is 92.9. The fourth-order valence-corrected chi connectivity index (χ4v) is 12.2. The number of hydrogen-bond acceptors (Lipinski definition) is 11. The molecule has 0 bridgehead atoms. The van der Waals surface area contributed by atoms with Crippen LogP contribution in [0.4, 0.5) is 0 Å². The van der Waals surface area contributed by atoms with E-state index in [0.29, 0.717) is 5.41 Å². The first-order valence-electron chi connectivity index (χ1n) is 52.1. The predicted octanol–water partition coefficient (Wildman–Crippen LogP) is 37.5. The molecule has 0 aliphatic carbocycles. The molecule has 0 aromatic carbocycles. The summed E-state index contributed by atoms with van der Waals surface area (Å²) in [6.07, 6.45) is 61.8. The predicted molar refractivity (Wildman–Crippen MR) is 571 cm³/mol. The fraction of sp³-hybridized carbons (Fsp3) is 0.733. The van der Waals surface area contributed by atoms with Gasteiger partial charge in [-0.3, -0.25) is 24.9 Å². The highest BCUT2D eigenvalue weighted by Gasteiger charge is 2.29. The summed E-state index contributed by atoms with van der Waals surface area (Å²) >= 11 is 0. The molecule has 734 valence electrons. The van der Waals surface area contributed by atoms with E-state index in [1.165, 1.54) is 187 Å². The van der Waals surface area contributed by atoms with Gasteiger partial charge in [0.2, 0.25) is 0 Å². The van der Waals surface area contributed by atoms with Gasteiger partial charge in [-0.25, -0.2) is 19.9 Å². The molecule has 0 fully saturated rings.